The molecule has 0 amide bonds. The Morgan fingerprint density at radius 2 is 1.72 bits per heavy atom. The predicted octanol–water partition coefficient (Wildman–Crippen LogP) is 3.41. The summed E-state index contributed by atoms with van der Waals surface area (Å²) in [5.74, 6) is 0.454. The Kier molecular flexibility index (Phi) is 3.51. The summed E-state index contributed by atoms with van der Waals surface area (Å²) >= 11 is 0. The molecule has 2 aromatic rings. The lowest BCUT2D eigenvalue weighted by Gasteiger charge is -2.12. The van der Waals surface area contributed by atoms with Crippen LogP contribution < -0.4 is 4.74 Å². The summed E-state index contributed by atoms with van der Waals surface area (Å²) in [6, 6.07) is 11.2. The molecular formula is C15H16O3. The van der Waals surface area contributed by atoms with Gasteiger partial charge in [-0.25, -0.2) is 4.79 Å². The quantitative estimate of drug-likeness (QED) is 0.776. The zero-order valence-electron chi connectivity index (χ0n) is 10.8. The Morgan fingerprint density at radius 3 is 2.33 bits per heavy atom. The number of methoxy groups -OCH3 is 1. The molecule has 0 atom stereocenters. The third-order valence-electron chi connectivity index (χ3n) is 2.67. The van der Waals surface area contributed by atoms with Crippen molar-refractivity contribution in [3.05, 3.63) is 42.0 Å². The molecule has 0 spiro atoms. The molecule has 0 fully saturated rings. The van der Waals surface area contributed by atoms with Crippen LogP contribution in [0.3, 0.4) is 0 Å². The Morgan fingerprint density at radius 1 is 1.06 bits per heavy atom. The van der Waals surface area contributed by atoms with Gasteiger partial charge < -0.3 is 9.47 Å². The molecule has 0 aliphatic rings. The van der Waals surface area contributed by atoms with E-state index in [1.54, 1.807) is 19.2 Å². The van der Waals surface area contributed by atoms with Gasteiger partial charge in [-0.2, -0.15) is 0 Å². The lowest BCUT2D eigenvalue weighted by atomic mass is 10.0. The monoisotopic (exact) mass is 244 g/mol. The molecule has 0 aliphatic heterocycles. The second-order valence-corrected chi connectivity index (χ2v) is 4.32. The summed E-state index contributed by atoms with van der Waals surface area (Å²) in [4.78, 5) is 12.0. The van der Waals surface area contributed by atoms with Crippen LogP contribution in [0.25, 0.3) is 10.8 Å². The second kappa shape index (κ2) is 5.08. The molecule has 0 heterocycles. The number of esters is 1. The summed E-state index contributed by atoms with van der Waals surface area (Å²) in [6.45, 7) is 3.67. The van der Waals surface area contributed by atoms with E-state index >= 15 is 0 Å². The zero-order chi connectivity index (χ0) is 13.1. The van der Waals surface area contributed by atoms with E-state index in [1.165, 1.54) is 0 Å². The maximum absolute atomic E-state index is 12.0. The first-order chi connectivity index (χ1) is 8.63. The topological polar surface area (TPSA) is 35.5 Å². The molecule has 0 bridgehead atoms. The highest BCUT2D eigenvalue weighted by Gasteiger charge is 2.14. The van der Waals surface area contributed by atoms with Crippen LogP contribution in [0.2, 0.25) is 0 Å². The summed E-state index contributed by atoms with van der Waals surface area (Å²) in [5, 5.41) is 1.76. The highest BCUT2D eigenvalue weighted by molar-refractivity contribution is 6.06. The molecule has 2 rings (SSSR count). The van der Waals surface area contributed by atoms with Crippen molar-refractivity contribution in [2.24, 2.45) is 0 Å². The SMILES string of the molecule is COc1ccc(C(=O)OC(C)C)c2ccccc12. The molecule has 0 aromatic heterocycles. The molecule has 0 aliphatic carbocycles. The Balaban J connectivity index is 2.56. The number of rotatable bonds is 3. The van der Waals surface area contributed by atoms with Crippen molar-refractivity contribution in [2.75, 3.05) is 7.11 Å². The average molecular weight is 244 g/mol. The molecule has 3 heteroatoms. The standard InChI is InChI=1S/C15H16O3/c1-10(2)18-15(16)13-8-9-14(17-3)12-7-5-4-6-11(12)13/h4-10H,1-3H3. The lowest BCUT2D eigenvalue weighted by Crippen LogP contribution is -2.12. The first-order valence-corrected chi connectivity index (χ1v) is 5.90. The number of hydrogen-bond donors (Lipinski definition) is 0. The molecule has 0 N–H and O–H groups in total. The Labute approximate surface area is 106 Å². The average Bonchev–Trinajstić information content (AvgIpc) is 2.36. The predicted molar refractivity (Wildman–Crippen MR) is 71.1 cm³/mol. The minimum Gasteiger partial charge on any atom is -0.496 e. The van der Waals surface area contributed by atoms with Gasteiger partial charge in [0, 0.05) is 5.39 Å². The third-order valence-corrected chi connectivity index (χ3v) is 2.67. The minimum absolute atomic E-state index is 0.127. The molecular weight excluding hydrogens is 228 g/mol. The van der Waals surface area contributed by atoms with Gasteiger partial charge in [0.25, 0.3) is 0 Å². The molecule has 2 aromatic carbocycles. The minimum atomic E-state index is -0.302. The summed E-state index contributed by atoms with van der Waals surface area (Å²) in [6.07, 6.45) is -0.127. The van der Waals surface area contributed by atoms with Gasteiger partial charge in [-0.15, -0.1) is 0 Å². The molecule has 3 nitrogen and oxygen atoms in total. The fraction of sp³-hybridized carbons (Fsp3) is 0.267. The number of carbonyl (C=O) groups excluding carboxylic acids is 1. The van der Waals surface area contributed by atoms with Crippen molar-refractivity contribution in [1.82, 2.24) is 0 Å². The molecule has 94 valence electrons. The molecule has 0 radical (unpaired) electrons. The van der Waals surface area contributed by atoms with Crippen molar-refractivity contribution < 1.29 is 14.3 Å². The smallest absolute Gasteiger partial charge is 0.339 e. The Bertz CT molecular complexity index is 573. The summed E-state index contributed by atoms with van der Waals surface area (Å²) in [5.41, 5.74) is 0.570. The van der Waals surface area contributed by atoms with Crippen LogP contribution in [-0.4, -0.2) is 19.2 Å². The van der Waals surface area contributed by atoms with Gasteiger partial charge in [0.1, 0.15) is 5.75 Å². The number of carbonyl (C=O) groups is 1. The van der Waals surface area contributed by atoms with Crippen LogP contribution >= 0.6 is 0 Å². The van der Waals surface area contributed by atoms with Crippen molar-refractivity contribution in [3.63, 3.8) is 0 Å². The number of benzene rings is 2. The maximum Gasteiger partial charge on any atom is 0.339 e. The van der Waals surface area contributed by atoms with Crippen LogP contribution in [0.1, 0.15) is 24.2 Å². The fourth-order valence-corrected chi connectivity index (χ4v) is 1.90. The number of ether oxygens (including phenoxy) is 2. The molecule has 18 heavy (non-hydrogen) atoms. The van der Waals surface area contributed by atoms with Gasteiger partial charge in [-0.1, -0.05) is 24.3 Å². The normalized spacial score (nSPS) is 10.7. The molecule has 0 saturated heterocycles. The van der Waals surface area contributed by atoms with Gasteiger partial charge in [-0.3, -0.25) is 0 Å². The van der Waals surface area contributed by atoms with Gasteiger partial charge in [0.15, 0.2) is 0 Å². The van der Waals surface area contributed by atoms with E-state index in [4.69, 9.17) is 9.47 Å². The number of fused-ring (bicyclic) bond motifs is 1. The van der Waals surface area contributed by atoms with E-state index in [9.17, 15) is 4.79 Å². The van der Waals surface area contributed by atoms with E-state index < -0.39 is 0 Å². The molecule has 0 saturated carbocycles. The Hall–Kier alpha value is -2.03. The van der Waals surface area contributed by atoms with E-state index in [2.05, 4.69) is 0 Å². The number of hydrogen-bond acceptors (Lipinski definition) is 3. The third kappa shape index (κ3) is 2.30. The largest absolute Gasteiger partial charge is 0.496 e. The van der Waals surface area contributed by atoms with Crippen LogP contribution in [0.4, 0.5) is 0 Å². The van der Waals surface area contributed by atoms with Crippen LogP contribution in [0, 0.1) is 0 Å². The molecule has 0 unspecified atom stereocenters. The van der Waals surface area contributed by atoms with Crippen LogP contribution in [0.15, 0.2) is 36.4 Å². The van der Waals surface area contributed by atoms with Crippen molar-refractivity contribution >= 4 is 16.7 Å². The van der Waals surface area contributed by atoms with E-state index in [0.29, 0.717) is 5.56 Å². The van der Waals surface area contributed by atoms with Crippen molar-refractivity contribution in [2.45, 2.75) is 20.0 Å². The van der Waals surface area contributed by atoms with Gasteiger partial charge in [0.2, 0.25) is 0 Å². The highest BCUT2D eigenvalue weighted by Crippen LogP contribution is 2.28. The first-order valence-electron chi connectivity index (χ1n) is 5.90. The van der Waals surface area contributed by atoms with E-state index in [1.807, 2.05) is 38.1 Å². The maximum atomic E-state index is 12.0. The van der Waals surface area contributed by atoms with Crippen LogP contribution in [-0.2, 0) is 4.74 Å². The lowest BCUT2D eigenvalue weighted by molar-refractivity contribution is 0.0380. The zero-order valence-corrected chi connectivity index (χ0v) is 10.8. The van der Waals surface area contributed by atoms with Gasteiger partial charge in [-0.05, 0) is 31.4 Å². The van der Waals surface area contributed by atoms with E-state index in [0.717, 1.165) is 16.5 Å². The van der Waals surface area contributed by atoms with E-state index in [-0.39, 0.29) is 12.1 Å². The van der Waals surface area contributed by atoms with Crippen molar-refractivity contribution in [3.8, 4) is 5.75 Å². The first kappa shape index (κ1) is 12.4. The fourth-order valence-electron chi connectivity index (χ4n) is 1.90. The van der Waals surface area contributed by atoms with Gasteiger partial charge >= 0.3 is 5.97 Å². The summed E-state index contributed by atoms with van der Waals surface area (Å²) in [7, 11) is 1.62. The summed E-state index contributed by atoms with van der Waals surface area (Å²) < 4.78 is 10.5. The highest BCUT2D eigenvalue weighted by atomic mass is 16.5. The van der Waals surface area contributed by atoms with Crippen LogP contribution in [0.5, 0.6) is 5.75 Å². The van der Waals surface area contributed by atoms with Gasteiger partial charge in [0.05, 0.1) is 18.8 Å². The van der Waals surface area contributed by atoms with Crippen molar-refractivity contribution in [1.29, 1.82) is 0 Å². The second-order valence-electron chi connectivity index (χ2n) is 4.32.